The van der Waals surface area contributed by atoms with E-state index in [0.29, 0.717) is 49.8 Å². The van der Waals surface area contributed by atoms with Crippen molar-refractivity contribution in [3.8, 4) is 0 Å². The number of carbonyl (C=O) groups is 1. The van der Waals surface area contributed by atoms with Gasteiger partial charge in [-0.1, -0.05) is 16.8 Å². The molecule has 0 saturated carbocycles. The maximum absolute atomic E-state index is 12.3. The molecule has 2 aliphatic rings. The van der Waals surface area contributed by atoms with Crippen molar-refractivity contribution in [1.82, 2.24) is 19.9 Å². The number of nitrogens with zero attached hydrogens (tertiary/aromatic N) is 4. The molecule has 3 heterocycles. The second-order valence-corrected chi connectivity index (χ2v) is 7.37. The summed E-state index contributed by atoms with van der Waals surface area (Å²) in [4.78, 5) is 18.7. The summed E-state index contributed by atoms with van der Waals surface area (Å²) in [5, 5.41) is 14.7. The van der Waals surface area contributed by atoms with Gasteiger partial charge in [0.15, 0.2) is 5.15 Å². The largest absolute Gasteiger partial charge is 0.387 e. The lowest BCUT2D eigenvalue weighted by atomic mass is 10.0. The molecule has 2 aliphatic heterocycles. The van der Waals surface area contributed by atoms with Crippen molar-refractivity contribution in [2.75, 3.05) is 52.9 Å². The fourth-order valence-corrected chi connectivity index (χ4v) is 3.57. The van der Waals surface area contributed by atoms with E-state index in [4.69, 9.17) is 16.1 Å². The summed E-state index contributed by atoms with van der Waals surface area (Å²) in [5.74, 6) is 0.650. The van der Waals surface area contributed by atoms with E-state index < -0.39 is 5.60 Å². The molecule has 3 rings (SSSR count). The molecule has 2 saturated heterocycles. The van der Waals surface area contributed by atoms with Crippen molar-refractivity contribution in [3.05, 3.63) is 17.0 Å². The van der Waals surface area contributed by atoms with Crippen LogP contribution in [0.4, 0.5) is 0 Å². The smallest absolute Gasteiger partial charge is 0.223 e. The Labute approximate surface area is 147 Å². The zero-order chi connectivity index (χ0) is 17.2. The van der Waals surface area contributed by atoms with Gasteiger partial charge in [-0.05, 0) is 13.5 Å². The van der Waals surface area contributed by atoms with Crippen LogP contribution in [0.5, 0.6) is 0 Å². The van der Waals surface area contributed by atoms with Gasteiger partial charge < -0.3 is 19.4 Å². The highest BCUT2D eigenvalue weighted by atomic mass is 35.5. The maximum Gasteiger partial charge on any atom is 0.223 e. The van der Waals surface area contributed by atoms with Gasteiger partial charge in [-0.25, -0.2) is 0 Å². The number of hydrogen-bond acceptors (Lipinski definition) is 6. The minimum Gasteiger partial charge on any atom is -0.387 e. The van der Waals surface area contributed by atoms with Crippen LogP contribution >= 0.6 is 11.6 Å². The summed E-state index contributed by atoms with van der Waals surface area (Å²) in [6.07, 6.45) is 1.46. The highest BCUT2D eigenvalue weighted by Crippen LogP contribution is 2.24. The average molecular weight is 357 g/mol. The summed E-state index contributed by atoms with van der Waals surface area (Å²) < 4.78 is 5.01. The number of β-amino-alcohol motifs (C(OH)–C–C–N with tert-alkyl or cyclic N) is 1. The molecule has 1 unspecified atom stereocenters. The lowest BCUT2D eigenvalue weighted by Crippen LogP contribution is -2.52. The van der Waals surface area contributed by atoms with Crippen LogP contribution in [-0.2, 0) is 11.2 Å². The van der Waals surface area contributed by atoms with Crippen LogP contribution in [-0.4, -0.2) is 89.3 Å². The number of aromatic nitrogens is 1. The molecule has 0 aromatic carbocycles. The number of amides is 1. The van der Waals surface area contributed by atoms with Crippen LogP contribution in [0.1, 0.15) is 18.6 Å². The van der Waals surface area contributed by atoms with Crippen LogP contribution < -0.4 is 0 Å². The Bertz CT molecular complexity index is 573. The minimum atomic E-state index is -0.791. The highest BCUT2D eigenvalue weighted by molar-refractivity contribution is 6.29. The molecule has 1 aromatic rings. The van der Waals surface area contributed by atoms with Crippen molar-refractivity contribution in [2.45, 2.75) is 24.9 Å². The summed E-state index contributed by atoms with van der Waals surface area (Å²) in [6, 6.07) is 1.63. The van der Waals surface area contributed by atoms with Gasteiger partial charge in [0.2, 0.25) is 5.91 Å². The van der Waals surface area contributed by atoms with Gasteiger partial charge in [-0.15, -0.1) is 0 Å². The zero-order valence-electron chi connectivity index (χ0n) is 14.1. The van der Waals surface area contributed by atoms with Gasteiger partial charge in [0, 0.05) is 58.2 Å². The number of halogens is 1. The predicted octanol–water partition coefficient (Wildman–Crippen LogP) is 0.471. The van der Waals surface area contributed by atoms with E-state index in [2.05, 4.69) is 22.0 Å². The normalized spacial score (nSPS) is 26.2. The average Bonchev–Trinajstić information content (AvgIpc) is 3.14. The molecule has 8 heteroatoms. The van der Waals surface area contributed by atoms with E-state index in [9.17, 15) is 9.90 Å². The topological polar surface area (TPSA) is 73.1 Å². The number of piperazine rings is 1. The van der Waals surface area contributed by atoms with Crippen LogP contribution in [0.15, 0.2) is 10.6 Å². The van der Waals surface area contributed by atoms with Crippen molar-refractivity contribution in [3.63, 3.8) is 0 Å². The van der Waals surface area contributed by atoms with Gasteiger partial charge in [-0.2, -0.15) is 0 Å². The van der Waals surface area contributed by atoms with Crippen molar-refractivity contribution in [2.24, 2.45) is 0 Å². The molecule has 7 nitrogen and oxygen atoms in total. The first-order valence-corrected chi connectivity index (χ1v) is 8.83. The molecule has 24 heavy (non-hydrogen) atoms. The molecule has 1 aromatic heterocycles. The summed E-state index contributed by atoms with van der Waals surface area (Å²) in [7, 11) is 2.11. The molecular formula is C16H25ClN4O3. The summed E-state index contributed by atoms with van der Waals surface area (Å²) >= 11 is 5.70. The first kappa shape index (κ1) is 17.7. The summed E-state index contributed by atoms with van der Waals surface area (Å²) in [5.41, 5.74) is -0.791. The minimum absolute atomic E-state index is 0.0387. The third-order valence-electron chi connectivity index (χ3n) is 4.91. The summed E-state index contributed by atoms with van der Waals surface area (Å²) in [6.45, 7) is 5.66. The molecule has 0 spiro atoms. The lowest BCUT2D eigenvalue weighted by Gasteiger charge is -2.36. The SMILES string of the molecule is CN1CCN(CC2(O)CCN(C(=O)CCc3cc(Cl)no3)C2)CC1. The van der Waals surface area contributed by atoms with Crippen LogP contribution in [0.25, 0.3) is 0 Å². The molecule has 0 radical (unpaired) electrons. The van der Waals surface area contributed by atoms with Crippen LogP contribution in [0.2, 0.25) is 5.15 Å². The molecule has 2 fully saturated rings. The van der Waals surface area contributed by atoms with Gasteiger partial charge in [0.1, 0.15) is 5.76 Å². The van der Waals surface area contributed by atoms with Gasteiger partial charge in [0.05, 0.1) is 12.1 Å². The first-order chi connectivity index (χ1) is 11.4. The van der Waals surface area contributed by atoms with E-state index in [1.807, 2.05) is 0 Å². The maximum atomic E-state index is 12.3. The fraction of sp³-hybridized carbons (Fsp3) is 0.750. The van der Waals surface area contributed by atoms with Gasteiger partial charge >= 0.3 is 0 Å². The standard InChI is InChI=1S/C16H25ClN4O3/c1-19-6-8-20(9-7-19)11-16(23)4-5-21(12-16)15(22)3-2-13-10-14(17)18-24-13/h10,23H,2-9,11-12H2,1H3. The third kappa shape index (κ3) is 4.47. The Kier molecular flexibility index (Phi) is 5.44. The predicted molar refractivity (Wildman–Crippen MR) is 89.9 cm³/mol. The second kappa shape index (κ2) is 7.39. The quantitative estimate of drug-likeness (QED) is 0.827. The number of aryl methyl sites for hydroxylation is 1. The Morgan fingerprint density at radius 3 is 2.79 bits per heavy atom. The monoisotopic (exact) mass is 356 g/mol. The van der Waals surface area contributed by atoms with E-state index in [1.165, 1.54) is 0 Å². The number of hydrogen-bond donors (Lipinski definition) is 1. The molecular weight excluding hydrogens is 332 g/mol. The van der Waals surface area contributed by atoms with Gasteiger partial charge in [0.25, 0.3) is 0 Å². The van der Waals surface area contributed by atoms with E-state index >= 15 is 0 Å². The Balaban J connectivity index is 1.46. The van der Waals surface area contributed by atoms with Gasteiger partial charge in [-0.3, -0.25) is 9.69 Å². The number of aliphatic hydroxyl groups is 1. The van der Waals surface area contributed by atoms with Crippen molar-refractivity contribution >= 4 is 17.5 Å². The first-order valence-electron chi connectivity index (χ1n) is 8.46. The molecule has 0 aliphatic carbocycles. The Morgan fingerprint density at radius 1 is 1.38 bits per heavy atom. The van der Waals surface area contributed by atoms with E-state index in [0.717, 1.165) is 26.2 Å². The zero-order valence-corrected chi connectivity index (χ0v) is 14.8. The Hall–Kier alpha value is -1.15. The Morgan fingerprint density at radius 2 is 2.12 bits per heavy atom. The molecule has 1 amide bonds. The van der Waals surface area contributed by atoms with E-state index in [-0.39, 0.29) is 5.91 Å². The third-order valence-corrected chi connectivity index (χ3v) is 5.09. The number of likely N-dealkylation sites (tertiary alicyclic amines) is 1. The molecule has 1 N–H and O–H groups in total. The van der Waals surface area contributed by atoms with Crippen molar-refractivity contribution < 1.29 is 14.4 Å². The molecule has 0 bridgehead atoms. The second-order valence-electron chi connectivity index (χ2n) is 6.99. The lowest BCUT2D eigenvalue weighted by molar-refractivity contribution is -0.131. The van der Waals surface area contributed by atoms with Crippen LogP contribution in [0, 0.1) is 0 Å². The van der Waals surface area contributed by atoms with Crippen molar-refractivity contribution in [1.29, 1.82) is 0 Å². The fourth-order valence-electron chi connectivity index (χ4n) is 3.41. The highest BCUT2D eigenvalue weighted by Gasteiger charge is 2.39. The molecule has 134 valence electrons. The number of carbonyl (C=O) groups excluding carboxylic acids is 1. The van der Waals surface area contributed by atoms with Crippen LogP contribution in [0.3, 0.4) is 0 Å². The number of rotatable bonds is 5. The van der Waals surface area contributed by atoms with E-state index in [1.54, 1.807) is 11.0 Å². The molecule has 1 atom stereocenters. The number of likely N-dealkylation sites (N-methyl/N-ethyl adjacent to an activating group) is 1.